The summed E-state index contributed by atoms with van der Waals surface area (Å²) >= 11 is 0. The van der Waals surface area contributed by atoms with Gasteiger partial charge in [0.2, 0.25) is 0 Å². The molecule has 0 bridgehead atoms. The summed E-state index contributed by atoms with van der Waals surface area (Å²) in [6, 6.07) is 3.66. The van der Waals surface area contributed by atoms with E-state index in [0.717, 1.165) is 0 Å². The van der Waals surface area contributed by atoms with Crippen LogP contribution in [0.1, 0.15) is 66.4 Å². The molecular weight excluding hydrogens is 538 g/mol. The maximum absolute atomic E-state index is 12.5. The predicted octanol–water partition coefficient (Wildman–Crippen LogP) is 5.44. The Morgan fingerprint density at radius 3 is 1.88 bits per heavy atom. The Morgan fingerprint density at radius 2 is 1.34 bits per heavy atom. The number of hydrogen-bond donors (Lipinski definition) is 1. The molecule has 0 aliphatic carbocycles. The summed E-state index contributed by atoms with van der Waals surface area (Å²) in [5, 5.41) is 3.01. The molecule has 1 rings (SSSR count). The number of ether oxygens (including phenoxy) is 7. The number of carbonyl (C=O) groups is 4. The summed E-state index contributed by atoms with van der Waals surface area (Å²) in [6.07, 6.45) is -1.23. The van der Waals surface area contributed by atoms with E-state index in [2.05, 4.69) is 5.32 Å². The highest BCUT2D eigenvalue weighted by molar-refractivity contribution is 5.76. The molecule has 0 heterocycles. The molecule has 0 fully saturated rings. The van der Waals surface area contributed by atoms with Crippen molar-refractivity contribution in [2.45, 2.75) is 79.4 Å². The molecule has 232 valence electrons. The lowest BCUT2D eigenvalue weighted by atomic mass is 10.0. The molecule has 1 aromatic rings. The summed E-state index contributed by atoms with van der Waals surface area (Å²) in [5.74, 6) is -0.0441. The van der Waals surface area contributed by atoms with Crippen LogP contribution in [0.5, 0.6) is 11.5 Å². The van der Waals surface area contributed by atoms with Crippen LogP contribution in [0.2, 0.25) is 0 Å². The van der Waals surface area contributed by atoms with Gasteiger partial charge in [0, 0.05) is 6.54 Å². The molecule has 12 nitrogen and oxygen atoms in total. The van der Waals surface area contributed by atoms with E-state index in [-0.39, 0.29) is 44.3 Å². The van der Waals surface area contributed by atoms with Gasteiger partial charge in [0.15, 0.2) is 11.5 Å². The van der Waals surface area contributed by atoms with Gasteiger partial charge in [0.05, 0.1) is 26.9 Å². The predicted molar refractivity (Wildman–Crippen MR) is 149 cm³/mol. The summed E-state index contributed by atoms with van der Waals surface area (Å²) in [7, 11) is 1.25. The van der Waals surface area contributed by atoms with Crippen LogP contribution in [0, 0.1) is 11.8 Å². The lowest BCUT2D eigenvalue weighted by Gasteiger charge is -2.20. The van der Waals surface area contributed by atoms with E-state index in [1.54, 1.807) is 13.0 Å². The van der Waals surface area contributed by atoms with Crippen molar-refractivity contribution in [2.75, 3.05) is 33.5 Å². The zero-order valence-corrected chi connectivity index (χ0v) is 25.2. The fourth-order valence-electron chi connectivity index (χ4n) is 3.19. The molecule has 0 aromatic heterocycles. The van der Waals surface area contributed by atoms with Crippen molar-refractivity contribution in [3.05, 3.63) is 23.8 Å². The molecule has 0 aliphatic rings. The first-order chi connectivity index (χ1) is 19.4. The van der Waals surface area contributed by atoms with Crippen molar-refractivity contribution in [3.63, 3.8) is 0 Å². The molecule has 12 heteroatoms. The number of rotatable bonds is 17. The van der Waals surface area contributed by atoms with E-state index in [0.29, 0.717) is 36.7 Å². The maximum Gasteiger partial charge on any atom is 0.513 e. The van der Waals surface area contributed by atoms with Crippen LogP contribution in [-0.4, -0.2) is 70.1 Å². The monoisotopic (exact) mass is 583 g/mol. The Kier molecular flexibility index (Phi) is 16.9. The molecule has 0 saturated heterocycles. The second-order valence-corrected chi connectivity index (χ2v) is 10.3. The average Bonchev–Trinajstić information content (AvgIpc) is 2.90. The van der Waals surface area contributed by atoms with E-state index in [9.17, 15) is 19.2 Å². The van der Waals surface area contributed by atoms with Crippen LogP contribution in [0.3, 0.4) is 0 Å². The van der Waals surface area contributed by atoms with Crippen molar-refractivity contribution in [1.29, 1.82) is 0 Å². The minimum absolute atomic E-state index is 0.0562. The smallest absolute Gasteiger partial charge is 0.468 e. The van der Waals surface area contributed by atoms with Crippen LogP contribution in [0.4, 0.5) is 14.4 Å². The molecule has 0 spiro atoms. The van der Waals surface area contributed by atoms with Crippen molar-refractivity contribution < 1.29 is 52.3 Å². The molecule has 2 atom stereocenters. The van der Waals surface area contributed by atoms with Crippen LogP contribution in [0.25, 0.3) is 0 Å². The number of benzene rings is 1. The average molecular weight is 584 g/mol. The number of methoxy groups -OCH3 is 1. The normalized spacial score (nSPS) is 12.3. The fraction of sp³-hybridized carbons (Fsp3) is 0.655. The molecule has 0 radical (unpaired) electrons. The van der Waals surface area contributed by atoms with Crippen molar-refractivity contribution in [2.24, 2.45) is 11.8 Å². The second-order valence-electron chi connectivity index (χ2n) is 10.3. The summed E-state index contributed by atoms with van der Waals surface area (Å²) in [4.78, 5) is 48.7. The molecule has 1 unspecified atom stereocenters. The molecule has 41 heavy (non-hydrogen) atoms. The van der Waals surface area contributed by atoms with Gasteiger partial charge in [-0.1, -0.05) is 40.7 Å². The van der Waals surface area contributed by atoms with Crippen LogP contribution in [-0.2, 0) is 34.9 Å². The Bertz CT molecular complexity index is 964. The summed E-state index contributed by atoms with van der Waals surface area (Å²) < 4.78 is 35.9. The van der Waals surface area contributed by atoms with Gasteiger partial charge >= 0.3 is 24.4 Å². The van der Waals surface area contributed by atoms with Gasteiger partial charge in [-0.15, -0.1) is 0 Å². The van der Waals surface area contributed by atoms with Crippen molar-refractivity contribution >= 4 is 24.4 Å². The standard InChI is InChI=1S/C29H45NO11/c1-8-13-36-27(32)39-21(6)18-30-23(26(31)35-7)16-22-9-10-24(40-28(33)37-14-11-19(2)3)25(17-22)41-29(34)38-15-12-20(4)5/h9-10,17,19-21,23,30H,8,11-16,18H2,1-7H3/t21?,23-/m0/s1. The van der Waals surface area contributed by atoms with E-state index < -0.39 is 36.6 Å². The quantitative estimate of drug-likeness (QED) is 0.142. The first-order valence-corrected chi connectivity index (χ1v) is 13.9. The molecule has 1 aromatic carbocycles. The zero-order valence-electron chi connectivity index (χ0n) is 25.2. The number of esters is 1. The van der Waals surface area contributed by atoms with E-state index in [1.165, 1.54) is 19.2 Å². The third-order valence-electron chi connectivity index (χ3n) is 5.52. The SMILES string of the molecule is CCCOC(=O)OC(C)CN[C@@H](Cc1ccc(OC(=O)OCCC(C)C)c(OC(=O)OCCC(C)C)c1)C(=O)OC. The van der Waals surface area contributed by atoms with Gasteiger partial charge in [-0.25, -0.2) is 14.4 Å². The zero-order chi connectivity index (χ0) is 30.8. The Labute approximate surface area is 242 Å². The highest BCUT2D eigenvalue weighted by Crippen LogP contribution is 2.30. The lowest BCUT2D eigenvalue weighted by Crippen LogP contribution is -2.43. The van der Waals surface area contributed by atoms with Gasteiger partial charge < -0.3 is 38.5 Å². The maximum atomic E-state index is 12.5. The highest BCUT2D eigenvalue weighted by atomic mass is 16.7. The first-order valence-electron chi connectivity index (χ1n) is 13.9. The highest BCUT2D eigenvalue weighted by Gasteiger charge is 2.23. The minimum Gasteiger partial charge on any atom is -0.468 e. The van der Waals surface area contributed by atoms with Crippen LogP contribution >= 0.6 is 0 Å². The fourth-order valence-corrected chi connectivity index (χ4v) is 3.19. The largest absolute Gasteiger partial charge is 0.513 e. The molecule has 1 N–H and O–H groups in total. The second kappa shape index (κ2) is 19.5. The number of carbonyl (C=O) groups excluding carboxylic acids is 4. The van der Waals surface area contributed by atoms with Crippen LogP contribution in [0.15, 0.2) is 18.2 Å². The summed E-state index contributed by atoms with van der Waals surface area (Å²) in [6.45, 7) is 12.2. The third-order valence-corrected chi connectivity index (χ3v) is 5.52. The van der Waals surface area contributed by atoms with Crippen molar-refractivity contribution in [1.82, 2.24) is 5.32 Å². The number of nitrogens with one attached hydrogen (secondary N) is 1. The van der Waals surface area contributed by atoms with Gasteiger partial charge in [-0.2, -0.15) is 0 Å². The van der Waals surface area contributed by atoms with Gasteiger partial charge in [0.25, 0.3) is 0 Å². The molecule has 0 aliphatic heterocycles. The molecular formula is C29H45NO11. The Hall–Kier alpha value is -3.54. The Balaban J connectivity index is 3.01. The van der Waals surface area contributed by atoms with E-state index in [4.69, 9.17) is 33.2 Å². The van der Waals surface area contributed by atoms with Gasteiger partial charge in [-0.05, 0) is 62.1 Å². The van der Waals surface area contributed by atoms with E-state index >= 15 is 0 Å². The van der Waals surface area contributed by atoms with Crippen molar-refractivity contribution in [3.8, 4) is 11.5 Å². The first kappa shape index (κ1) is 35.5. The summed E-state index contributed by atoms with van der Waals surface area (Å²) in [5.41, 5.74) is 0.550. The molecule has 0 saturated carbocycles. The number of hydrogen-bond acceptors (Lipinski definition) is 12. The van der Waals surface area contributed by atoms with Gasteiger partial charge in [0.1, 0.15) is 12.1 Å². The minimum atomic E-state index is -0.968. The Morgan fingerprint density at radius 1 is 0.780 bits per heavy atom. The molecule has 0 amide bonds. The van der Waals surface area contributed by atoms with Gasteiger partial charge in [-0.3, -0.25) is 4.79 Å². The lowest BCUT2D eigenvalue weighted by molar-refractivity contribution is -0.143. The topological polar surface area (TPSA) is 145 Å². The third kappa shape index (κ3) is 15.7. The van der Waals surface area contributed by atoms with Crippen LogP contribution < -0.4 is 14.8 Å². The van der Waals surface area contributed by atoms with E-state index in [1.807, 2.05) is 34.6 Å².